The zero-order valence-electron chi connectivity index (χ0n) is 13.2. The fourth-order valence-corrected chi connectivity index (χ4v) is 2.86. The van der Waals surface area contributed by atoms with Gasteiger partial charge in [-0.15, -0.1) is 0 Å². The van der Waals surface area contributed by atoms with Crippen molar-refractivity contribution in [1.29, 1.82) is 0 Å². The van der Waals surface area contributed by atoms with Gasteiger partial charge in [0.15, 0.2) is 0 Å². The highest BCUT2D eigenvalue weighted by atomic mass is 19.3. The van der Waals surface area contributed by atoms with Gasteiger partial charge in [0.2, 0.25) is 0 Å². The predicted molar refractivity (Wildman–Crippen MR) is 81.4 cm³/mol. The first kappa shape index (κ1) is 15.9. The molecule has 3 rings (SSSR count). The summed E-state index contributed by atoms with van der Waals surface area (Å²) in [6.07, 6.45) is 4.80. The molecule has 0 aromatic carbocycles. The van der Waals surface area contributed by atoms with Gasteiger partial charge in [-0.25, -0.2) is 8.78 Å². The first-order chi connectivity index (χ1) is 10.9. The van der Waals surface area contributed by atoms with E-state index in [1.165, 1.54) is 0 Å². The molecule has 2 aromatic heterocycles. The minimum absolute atomic E-state index is 0.183. The van der Waals surface area contributed by atoms with Crippen molar-refractivity contribution < 1.29 is 13.5 Å². The quantitative estimate of drug-likeness (QED) is 0.848. The van der Waals surface area contributed by atoms with E-state index in [1.54, 1.807) is 40.3 Å². The minimum atomic E-state index is -2.68. The van der Waals surface area contributed by atoms with E-state index in [4.69, 9.17) is 4.74 Å². The molecule has 5 nitrogen and oxygen atoms in total. The molecule has 1 atom stereocenters. The first-order valence-electron chi connectivity index (χ1n) is 7.57. The second-order valence-electron chi connectivity index (χ2n) is 5.99. The van der Waals surface area contributed by atoms with Crippen LogP contribution in [0.15, 0.2) is 30.7 Å². The fourth-order valence-electron chi connectivity index (χ4n) is 2.86. The summed E-state index contributed by atoms with van der Waals surface area (Å²) in [7, 11) is 1.85. The maximum Gasteiger partial charge on any atom is 0.262 e. The average Bonchev–Trinajstić information content (AvgIpc) is 2.99. The van der Waals surface area contributed by atoms with Crippen LogP contribution in [0.1, 0.15) is 17.7 Å². The smallest absolute Gasteiger partial charge is 0.262 e. The SMILES string of the molecule is Cc1c(CN2CC(F)(F)C[C@H]2COc2ccncc2)cnn1C. The molecule has 124 valence electrons. The van der Waals surface area contributed by atoms with E-state index in [0.717, 1.165) is 11.3 Å². The molecule has 0 amide bonds. The van der Waals surface area contributed by atoms with Crippen molar-refractivity contribution in [2.75, 3.05) is 13.2 Å². The summed E-state index contributed by atoms with van der Waals surface area (Å²) < 4.78 is 35.1. The Balaban J connectivity index is 1.68. The molecule has 0 unspecified atom stereocenters. The predicted octanol–water partition coefficient (Wildman–Crippen LogP) is 2.41. The van der Waals surface area contributed by atoms with Crippen molar-refractivity contribution in [1.82, 2.24) is 19.7 Å². The Bertz CT molecular complexity index is 659. The van der Waals surface area contributed by atoms with Crippen LogP contribution >= 0.6 is 0 Å². The third-order valence-electron chi connectivity index (χ3n) is 4.29. The van der Waals surface area contributed by atoms with Gasteiger partial charge in [-0.1, -0.05) is 0 Å². The molecule has 0 spiro atoms. The van der Waals surface area contributed by atoms with Gasteiger partial charge < -0.3 is 4.74 Å². The van der Waals surface area contributed by atoms with Gasteiger partial charge in [-0.3, -0.25) is 14.6 Å². The van der Waals surface area contributed by atoms with Gasteiger partial charge >= 0.3 is 0 Å². The Morgan fingerprint density at radius 1 is 1.35 bits per heavy atom. The van der Waals surface area contributed by atoms with Crippen LogP contribution in [0.5, 0.6) is 5.75 Å². The summed E-state index contributed by atoms with van der Waals surface area (Å²) in [5.41, 5.74) is 1.97. The highest BCUT2D eigenvalue weighted by Gasteiger charge is 2.45. The zero-order chi connectivity index (χ0) is 16.4. The standard InChI is InChI=1S/C16H20F2N4O/c1-12-13(8-20-21(12)2)9-22-11-16(17,18)7-14(22)10-23-15-3-5-19-6-4-15/h3-6,8,14H,7,9-11H2,1-2H3/t14-/m0/s1. The zero-order valence-corrected chi connectivity index (χ0v) is 13.2. The molecule has 0 N–H and O–H groups in total. The van der Waals surface area contributed by atoms with E-state index < -0.39 is 5.92 Å². The Kier molecular flexibility index (Phi) is 4.30. The number of nitrogens with zero attached hydrogens (tertiary/aromatic N) is 4. The molecule has 2 aromatic rings. The summed E-state index contributed by atoms with van der Waals surface area (Å²) in [6, 6.07) is 3.13. The molecule has 1 aliphatic rings. The molecule has 1 saturated heterocycles. The number of ether oxygens (including phenoxy) is 1. The van der Waals surface area contributed by atoms with Crippen molar-refractivity contribution in [2.24, 2.45) is 7.05 Å². The van der Waals surface area contributed by atoms with Crippen molar-refractivity contribution in [2.45, 2.75) is 31.9 Å². The Labute approximate surface area is 133 Å². The second-order valence-corrected chi connectivity index (χ2v) is 5.99. The Morgan fingerprint density at radius 3 is 2.74 bits per heavy atom. The molecule has 0 radical (unpaired) electrons. The van der Waals surface area contributed by atoms with Gasteiger partial charge in [-0.05, 0) is 19.1 Å². The van der Waals surface area contributed by atoms with Crippen LogP contribution in [-0.2, 0) is 13.6 Å². The Hall–Kier alpha value is -2.02. The topological polar surface area (TPSA) is 43.2 Å². The normalized spacial score (nSPS) is 20.8. The Morgan fingerprint density at radius 2 is 2.09 bits per heavy atom. The van der Waals surface area contributed by atoms with E-state index in [-0.39, 0.29) is 25.6 Å². The lowest BCUT2D eigenvalue weighted by atomic mass is 10.2. The lowest BCUT2D eigenvalue weighted by Gasteiger charge is -2.23. The summed E-state index contributed by atoms with van der Waals surface area (Å²) >= 11 is 0. The monoisotopic (exact) mass is 322 g/mol. The summed E-state index contributed by atoms with van der Waals surface area (Å²) in [5, 5.41) is 4.18. The van der Waals surface area contributed by atoms with Crippen molar-refractivity contribution >= 4 is 0 Å². The van der Waals surface area contributed by atoms with Crippen LogP contribution in [0.3, 0.4) is 0 Å². The number of pyridine rings is 1. The third-order valence-corrected chi connectivity index (χ3v) is 4.29. The molecule has 1 fully saturated rings. The number of aromatic nitrogens is 3. The summed E-state index contributed by atoms with van der Waals surface area (Å²) in [5.74, 6) is -2.03. The maximum absolute atomic E-state index is 13.9. The average molecular weight is 322 g/mol. The largest absolute Gasteiger partial charge is 0.492 e. The number of hydrogen-bond acceptors (Lipinski definition) is 4. The highest BCUT2D eigenvalue weighted by Crippen LogP contribution is 2.33. The lowest BCUT2D eigenvalue weighted by molar-refractivity contribution is 0.0112. The van der Waals surface area contributed by atoms with Gasteiger partial charge in [0.05, 0.1) is 18.8 Å². The number of halogens is 2. The molecule has 0 aliphatic carbocycles. The molecule has 3 heterocycles. The van der Waals surface area contributed by atoms with Gasteiger partial charge in [0.1, 0.15) is 12.4 Å². The van der Waals surface area contributed by atoms with Crippen LogP contribution < -0.4 is 4.74 Å². The molecule has 0 saturated carbocycles. The number of aryl methyl sites for hydroxylation is 1. The van der Waals surface area contributed by atoms with Gasteiger partial charge in [-0.2, -0.15) is 5.10 Å². The molecule has 0 bridgehead atoms. The highest BCUT2D eigenvalue weighted by molar-refractivity contribution is 5.18. The number of hydrogen-bond donors (Lipinski definition) is 0. The van der Waals surface area contributed by atoms with E-state index in [1.807, 2.05) is 14.0 Å². The fraction of sp³-hybridized carbons (Fsp3) is 0.500. The lowest BCUT2D eigenvalue weighted by Crippen LogP contribution is -2.34. The number of rotatable bonds is 5. The molecular formula is C16H20F2N4O. The van der Waals surface area contributed by atoms with Gasteiger partial charge in [0, 0.05) is 43.7 Å². The molecular weight excluding hydrogens is 302 g/mol. The summed E-state index contributed by atoms with van der Waals surface area (Å²) in [4.78, 5) is 5.69. The third kappa shape index (κ3) is 3.67. The van der Waals surface area contributed by atoms with E-state index in [2.05, 4.69) is 10.1 Å². The minimum Gasteiger partial charge on any atom is -0.492 e. The van der Waals surface area contributed by atoms with E-state index in [9.17, 15) is 8.78 Å². The van der Waals surface area contributed by atoms with Crippen LogP contribution in [0, 0.1) is 6.92 Å². The van der Waals surface area contributed by atoms with E-state index in [0.29, 0.717) is 12.3 Å². The maximum atomic E-state index is 13.9. The van der Waals surface area contributed by atoms with Crippen LogP contribution in [0.4, 0.5) is 8.78 Å². The van der Waals surface area contributed by atoms with E-state index >= 15 is 0 Å². The first-order valence-corrected chi connectivity index (χ1v) is 7.57. The van der Waals surface area contributed by atoms with Crippen LogP contribution in [0.2, 0.25) is 0 Å². The molecule has 1 aliphatic heterocycles. The molecule has 7 heteroatoms. The van der Waals surface area contributed by atoms with Crippen molar-refractivity contribution in [3.05, 3.63) is 42.0 Å². The van der Waals surface area contributed by atoms with Gasteiger partial charge in [0.25, 0.3) is 5.92 Å². The second kappa shape index (κ2) is 6.23. The van der Waals surface area contributed by atoms with Crippen LogP contribution in [0.25, 0.3) is 0 Å². The van der Waals surface area contributed by atoms with Crippen molar-refractivity contribution in [3.63, 3.8) is 0 Å². The van der Waals surface area contributed by atoms with Crippen molar-refractivity contribution in [3.8, 4) is 5.75 Å². The number of likely N-dealkylation sites (tertiary alicyclic amines) is 1. The number of alkyl halides is 2. The van der Waals surface area contributed by atoms with Crippen LogP contribution in [-0.4, -0.2) is 44.8 Å². The molecule has 23 heavy (non-hydrogen) atoms. The summed E-state index contributed by atoms with van der Waals surface area (Å²) in [6.45, 7) is 2.39.